The smallest absolute Gasteiger partial charge is 0.154 e. The molecule has 4 aromatic heterocycles. The summed E-state index contributed by atoms with van der Waals surface area (Å²) in [4.78, 5) is 14.8. The van der Waals surface area contributed by atoms with Crippen LogP contribution in [-0.4, -0.2) is 29.5 Å². The molecule has 0 atom stereocenters. The van der Waals surface area contributed by atoms with E-state index in [1.165, 1.54) is 6.33 Å². The van der Waals surface area contributed by atoms with E-state index in [0.717, 1.165) is 16.6 Å². The second-order valence-corrected chi connectivity index (χ2v) is 3.57. The molecule has 0 unspecified atom stereocenters. The van der Waals surface area contributed by atoms with Crippen molar-refractivity contribution in [1.82, 2.24) is 29.5 Å². The van der Waals surface area contributed by atoms with Gasteiger partial charge >= 0.3 is 0 Å². The molecule has 0 saturated carbocycles. The van der Waals surface area contributed by atoms with E-state index >= 15 is 0 Å². The van der Waals surface area contributed by atoms with Gasteiger partial charge < -0.3 is 4.98 Å². The standard InChI is InChI=1S/2C6H5N3/c1-5-2-8-4-9-6(5)3-7-1;1-3-7-6-2-4-8-9(6)5-1/h1-4,7H;1-5H. The second kappa shape index (κ2) is 4.62. The van der Waals surface area contributed by atoms with Crippen molar-refractivity contribution >= 4 is 16.6 Å². The lowest BCUT2D eigenvalue weighted by molar-refractivity contribution is 0.939. The van der Waals surface area contributed by atoms with E-state index in [1.807, 2.05) is 30.7 Å². The molecule has 0 bridgehead atoms. The van der Waals surface area contributed by atoms with Gasteiger partial charge in [-0.1, -0.05) is 0 Å². The average molecular weight is 238 g/mol. The molecule has 6 heteroatoms. The van der Waals surface area contributed by atoms with Gasteiger partial charge in [0.2, 0.25) is 0 Å². The van der Waals surface area contributed by atoms with Crippen LogP contribution < -0.4 is 0 Å². The largest absolute Gasteiger partial charge is 0.365 e. The summed E-state index contributed by atoms with van der Waals surface area (Å²) in [6.07, 6.45) is 12.4. The molecule has 0 saturated heterocycles. The zero-order valence-electron chi connectivity index (χ0n) is 9.43. The zero-order valence-corrected chi connectivity index (χ0v) is 9.43. The van der Waals surface area contributed by atoms with Crippen molar-refractivity contribution in [3.8, 4) is 0 Å². The van der Waals surface area contributed by atoms with Crippen LogP contribution in [0.25, 0.3) is 16.6 Å². The number of H-pyrrole nitrogens is 1. The first-order valence-corrected chi connectivity index (χ1v) is 5.40. The van der Waals surface area contributed by atoms with E-state index in [4.69, 9.17) is 0 Å². The van der Waals surface area contributed by atoms with Crippen LogP contribution in [0.5, 0.6) is 0 Å². The third-order valence-corrected chi connectivity index (χ3v) is 2.40. The predicted molar refractivity (Wildman–Crippen MR) is 66.9 cm³/mol. The Hall–Kier alpha value is -2.76. The molecule has 0 aromatic carbocycles. The second-order valence-electron chi connectivity index (χ2n) is 3.57. The maximum Gasteiger partial charge on any atom is 0.154 e. The summed E-state index contributed by atoms with van der Waals surface area (Å²) in [6.45, 7) is 0. The van der Waals surface area contributed by atoms with E-state index < -0.39 is 0 Å². The fourth-order valence-corrected chi connectivity index (χ4v) is 1.56. The SMILES string of the molecule is c1cnc2ccnn2c1.c1ncc2c[nH]cc2n1. The van der Waals surface area contributed by atoms with E-state index in [1.54, 1.807) is 23.1 Å². The molecule has 0 amide bonds. The summed E-state index contributed by atoms with van der Waals surface area (Å²) in [7, 11) is 0. The lowest BCUT2D eigenvalue weighted by Crippen LogP contribution is -1.85. The lowest BCUT2D eigenvalue weighted by atomic mass is 10.4. The molecule has 18 heavy (non-hydrogen) atoms. The van der Waals surface area contributed by atoms with Crippen molar-refractivity contribution in [3.05, 3.63) is 55.6 Å². The van der Waals surface area contributed by atoms with Crippen molar-refractivity contribution in [3.63, 3.8) is 0 Å². The van der Waals surface area contributed by atoms with Gasteiger partial charge in [-0.15, -0.1) is 0 Å². The van der Waals surface area contributed by atoms with E-state index in [9.17, 15) is 0 Å². The molecule has 6 nitrogen and oxygen atoms in total. The van der Waals surface area contributed by atoms with Gasteiger partial charge in [-0.05, 0) is 6.07 Å². The molecule has 0 spiro atoms. The minimum Gasteiger partial charge on any atom is -0.365 e. The molecule has 88 valence electrons. The van der Waals surface area contributed by atoms with E-state index in [2.05, 4.69) is 25.0 Å². The van der Waals surface area contributed by atoms with Crippen LogP contribution in [0.3, 0.4) is 0 Å². The Morgan fingerprint density at radius 2 is 2.11 bits per heavy atom. The normalized spacial score (nSPS) is 10.2. The summed E-state index contributed by atoms with van der Waals surface area (Å²) < 4.78 is 1.72. The Kier molecular flexibility index (Phi) is 2.67. The Bertz CT molecular complexity index is 631. The van der Waals surface area contributed by atoms with Crippen molar-refractivity contribution in [2.45, 2.75) is 0 Å². The van der Waals surface area contributed by atoms with Crippen LogP contribution in [0.15, 0.2) is 55.6 Å². The van der Waals surface area contributed by atoms with Crippen LogP contribution >= 0.6 is 0 Å². The number of aromatic amines is 1. The fourth-order valence-electron chi connectivity index (χ4n) is 1.56. The monoisotopic (exact) mass is 238 g/mol. The molecule has 4 aromatic rings. The molecule has 4 rings (SSSR count). The highest BCUT2D eigenvalue weighted by Gasteiger charge is 1.89. The maximum absolute atomic E-state index is 4.04. The van der Waals surface area contributed by atoms with Crippen molar-refractivity contribution < 1.29 is 0 Å². The summed E-state index contributed by atoms with van der Waals surface area (Å²) in [5.74, 6) is 0. The zero-order chi connectivity index (χ0) is 12.2. The van der Waals surface area contributed by atoms with Crippen LogP contribution in [0, 0.1) is 0 Å². The Morgan fingerprint density at radius 3 is 3.00 bits per heavy atom. The first kappa shape index (κ1) is 10.4. The third-order valence-electron chi connectivity index (χ3n) is 2.40. The van der Waals surface area contributed by atoms with E-state index in [0.29, 0.717) is 0 Å². The van der Waals surface area contributed by atoms with Gasteiger partial charge in [0.15, 0.2) is 5.65 Å². The van der Waals surface area contributed by atoms with Crippen LogP contribution in [0.2, 0.25) is 0 Å². The number of nitrogens with one attached hydrogen (secondary N) is 1. The summed E-state index contributed by atoms with van der Waals surface area (Å²) in [5, 5.41) is 5.03. The van der Waals surface area contributed by atoms with Crippen LogP contribution in [0.4, 0.5) is 0 Å². The minimum atomic E-state index is 0.887. The topological polar surface area (TPSA) is 71.8 Å². The van der Waals surface area contributed by atoms with Gasteiger partial charge in [-0.3, -0.25) is 0 Å². The van der Waals surface area contributed by atoms with Crippen molar-refractivity contribution in [2.75, 3.05) is 0 Å². The number of rotatable bonds is 0. The highest BCUT2D eigenvalue weighted by molar-refractivity contribution is 5.76. The lowest BCUT2D eigenvalue weighted by Gasteiger charge is -1.85. The Morgan fingerprint density at radius 1 is 1.11 bits per heavy atom. The molecule has 0 fully saturated rings. The quantitative estimate of drug-likeness (QED) is 0.506. The number of fused-ring (bicyclic) bond motifs is 2. The van der Waals surface area contributed by atoms with Gasteiger partial charge in [0, 0.05) is 42.4 Å². The molecule has 0 radical (unpaired) electrons. The first-order chi connectivity index (χ1) is 8.93. The van der Waals surface area contributed by atoms with Crippen molar-refractivity contribution in [1.29, 1.82) is 0 Å². The molecule has 4 heterocycles. The van der Waals surface area contributed by atoms with Crippen LogP contribution in [-0.2, 0) is 0 Å². The molecule has 0 aliphatic heterocycles. The first-order valence-electron chi connectivity index (χ1n) is 5.40. The van der Waals surface area contributed by atoms with E-state index in [-0.39, 0.29) is 0 Å². The van der Waals surface area contributed by atoms with Gasteiger partial charge in [0.25, 0.3) is 0 Å². The number of aromatic nitrogens is 6. The van der Waals surface area contributed by atoms with Crippen molar-refractivity contribution in [2.24, 2.45) is 0 Å². The maximum atomic E-state index is 4.04. The highest BCUT2D eigenvalue weighted by Crippen LogP contribution is 2.04. The van der Waals surface area contributed by atoms with Gasteiger partial charge in [0.1, 0.15) is 6.33 Å². The van der Waals surface area contributed by atoms with Gasteiger partial charge in [-0.2, -0.15) is 5.10 Å². The number of nitrogens with zero attached hydrogens (tertiary/aromatic N) is 5. The Labute approximate surface area is 102 Å². The molecule has 0 aliphatic rings. The average Bonchev–Trinajstić information content (AvgIpc) is 3.08. The molecule has 1 N–H and O–H groups in total. The summed E-state index contributed by atoms with van der Waals surface area (Å²) >= 11 is 0. The summed E-state index contributed by atoms with van der Waals surface area (Å²) in [5.41, 5.74) is 1.85. The van der Waals surface area contributed by atoms with Gasteiger partial charge in [-0.25, -0.2) is 19.5 Å². The summed E-state index contributed by atoms with van der Waals surface area (Å²) in [6, 6.07) is 3.71. The van der Waals surface area contributed by atoms with Crippen LogP contribution in [0.1, 0.15) is 0 Å². The predicted octanol–water partition coefficient (Wildman–Crippen LogP) is 1.69. The fraction of sp³-hybridized carbons (Fsp3) is 0. The third kappa shape index (κ3) is 2.03. The van der Waals surface area contributed by atoms with Gasteiger partial charge in [0.05, 0.1) is 11.7 Å². The molecule has 0 aliphatic carbocycles. The molecular formula is C12H10N6. The molecular weight excluding hydrogens is 228 g/mol. The highest BCUT2D eigenvalue weighted by atomic mass is 15.2. The number of hydrogen-bond donors (Lipinski definition) is 1. The minimum absolute atomic E-state index is 0.887. The Balaban J connectivity index is 0.000000111. The number of hydrogen-bond acceptors (Lipinski definition) is 4.